The summed E-state index contributed by atoms with van der Waals surface area (Å²) in [5, 5.41) is 0.868. The Morgan fingerprint density at radius 1 is 1.10 bits per heavy atom. The monoisotopic (exact) mass is 456 g/mol. The Bertz CT molecular complexity index is 1110. The zero-order valence-corrected chi connectivity index (χ0v) is 18.8. The highest BCUT2D eigenvalue weighted by atomic mass is 35.5. The van der Waals surface area contributed by atoms with Gasteiger partial charge in [0.2, 0.25) is 5.88 Å². The summed E-state index contributed by atoms with van der Waals surface area (Å²) in [6.07, 6.45) is 1.50. The standard InChI is InChI=1S/C23H22Cl2N4O2/c1-15-5-3-4-6-20(15)31-22-12-21(26-14-27-22)28-9-10-29(16(2)13-28)23(30)18-8-7-17(24)11-19(18)25/h3-8,11-12,14,16H,9-10,13H2,1-2H3/t16-/m0/s1. The summed E-state index contributed by atoms with van der Waals surface area (Å²) < 4.78 is 5.94. The van der Waals surface area contributed by atoms with Crippen LogP contribution in [-0.2, 0) is 0 Å². The van der Waals surface area contributed by atoms with Crippen LogP contribution in [-0.4, -0.2) is 46.5 Å². The number of carbonyl (C=O) groups excluding carboxylic acids is 1. The molecule has 1 aliphatic heterocycles. The number of para-hydroxylation sites is 1. The van der Waals surface area contributed by atoms with Crippen molar-refractivity contribution < 1.29 is 9.53 Å². The minimum absolute atomic E-state index is 0.0244. The summed E-state index contributed by atoms with van der Waals surface area (Å²) in [7, 11) is 0. The maximum atomic E-state index is 13.0. The molecule has 0 aliphatic carbocycles. The molecule has 0 unspecified atom stereocenters. The number of hydrogen-bond donors (Lipinski definition) is 0. The van der Waals surface area contributed by atoms with Crippen molar-refractivity contribution >= 4 is 34.9 Å². The number of amides is 1. The van der Waals surface area contributed by atoms with Gasteiger partial charge in [-0.3, -0.25) is 4.79 Å². The molecule has 1 aliphatic rings. The van der Waals surface area contributed by atoms with Crippen molar-refractivity contribution in [2.24, 2.45) is 0 Å². The van der Waals surface area contributed by atoms with Crippen LogP contribution in [0, 0.1) is 6.92 Å². The SMILES string of the molecule is Cc1ccccc1Oc1cc(N2CCN(C(=O)c3ccc(Cl)cc3Cl)[C@@H](C)C2)ncn1. The van der Waals surface area contributed by atoms with E-state index in [0.717, 1.165) is 17.1 Å². The number of carbonyl (C=O) groups is 1. The number of benzene rings is 2. The Hall–Kier alpha value is -2.83. The van der Waals surface area contributed by atoms with E-state index in [4.69, 9.17) is 27.9 Å². The topological polar surface area (TPSA) is 58.6 Å². The first-order chi connectivity index (χ1) is 14.9. The Morgan fingerprint density at radius 2 is 1.90 bits per heavy atom. The van der Waals surface area contributed by atoms with Crippen LogP contribution >= 0.6 is 23.2 Å². The Kier molecular flexibility index (Phi) is 6.30. The zero-order chi connectivity index (χ0) is 22.0. The number of aromatic nitrogens is 2. The maximum Gasteiger partial charge on any atom is 0.255 e. The molecule has 3 aromatic rings. The molecule has 1 aromatic heterocycles. The van der Waals surface area contributed by atoms with Gasteiger partial charge in [-0.15, -0.1) is 0 Å². The molecule has 160 valence electrons. The summed E-state index contributed by atoms with van der Waals surface area (Å²) in [5.41, 5.74) is 1.49. The Balaban J connectivity index is 1.46. The van der Waals surface area contributed by atoms with Crippen LogP contribution in [0.2, 0.25) is 10.0 Å². The molecule has 0 N–H and O–H groups in total. The first-order valence-electron chi connectivity index (χ1n) is 9.99. The molecule has 1 atom stereocenters. The second-order valence-corrected chi connectivity index (χ2v) is 8.34. The molecule has 1 fully saturated rings. The summed E-state index contributed by atoms with van der Waals surface area (Å²) in [5.74, 6) is 1.91. The van der Waals surface area contributed by atoms with Gasteiger partial charge in [-0.1, -0.05) is 41.4 Å². The molecule has 4 rings (SSSR count). The first-order valence-corrected chi connectivity index (χ1v) is 10.7. The van der Waals surface area contributed by atoms with Crippen LogP contribution in [0.1, 0.15) is 22.8 Å². The number of aryl methyl sites for hydroxylation is 1. The van der Waals surface area contributed by atoms with E-state index in [1.807, 2.05) is 49.1 Å². The molecule has 0 spiro atoms. The molecular formula is C23H22Cl2N4O2. The summed E-state index contributed by atoms with van der Waals surface area (Å²) >= 11 is 12.2. The highest BCUT2D eigenvalue weighted by Gasteiger charge is 2.30. The fourth-order valence-electron chi connectivity index (χ4n) is 3.63. The first kappa shape index (κ1) is 21.4. The van der Waals surface area contributed by atoms with E-state index in [0.29, 0.717) is 41.1 Å². The predicted molar refractivity (Wildman–Crippen MR) is 122 cm³/mol. The van der Waals surface area contributed by atoms with Crippen molar-refractivity contribution in [2.75, 3.05) is 24.5 Å². The van der Waals surface area contributed by atoms with Crippen LogP contribution in [0.4, 0.5) is 5.82 Å². The van der Waals surface area contributed by atoms with E-state index < -0.39 is 0 Å². The van der Waals surface area contributed by atoms with Gasteiger partial charge in [0.05, 0.1) is 10.6 Å². The highest BCUT2D eigenvalue weighted by molar-refractivity contribution is 6.36. The molecule has 2 heterocycles. The van der Waals surface area contributed by atoms with Gasteiger partial charge in [-0.25, -0.2) is 9.97 Å². The lowest BCUT2D eigenvalue weighted by molar-refractivity contribution is 0.0674. The van der Waals surface area contributed by atoms with Gasteiger partial charge >= 0.3 is 0 Å². The van der Waals surface area contributed by atoms with E-state index in [1.165, 1.54) is 6.33 Å². The van der Waals surface area contributed by atoms with Crippen LogP contribution in [0.5, 0.6) is 11.6 Å². The van der Waals surface area contributed by atoms with Crippen molar-refractivity contribution in [3.05, 3.63) is 76.0 Å². The zero-order valence-electron chi connectivity index (χ0n) is 17.3. The van der Waals surface area contributed by atoms with Crippen molar-refractivity contribution in [1.29, 1.82) is 0 Å². The average molecular weight is 457 g/mol. The minimum Gasteiger partial charge on any atom is -0.439 e. The third-order valence-electron chi connectivity index (χ3n) is 5.31. The van der Waals surface area contributed by atoms with Gasteiger partial charge in [0.15, 0.2) is 0 Å². The van der Waals surface area contributed by atoms with Crippen LogP contribution in [0.15, 0.2) is 54.9 Å². The number of hydrogen-bond acceptors (Lipinski definition) is 5. The number of piperazine rings is 1. The number of anilines is 1. The van der Waals surface area contributed by atoms with Crippen LogP contribution in [0.3, 0.4) is 0 Å². The molecule has 0 bridgehead atoms. The molecule has 31 heavy (non-hydrogen) atoms. The Morgan fingerprint density at radius 3 is 2.65 bits per heavy atom. The second kappa shape index (κ2) is 9.12. The molecule has 1 saturated heterocycles. The van der Waals surface area contributed by atoms with Crippen LogP contribution in [0.25, 0.3) is 0 Å². The fraction of sp³-hybridized carbons (Fsp3) is 0.261. The second-order valence-electron chi connectivity index (χ2n) is 7.50. The molecular weight excluding hydrogens is 435 g/mol. The van der Waals surface area contributed by atoms with E-state index >= 15 is 0 Å². The van der Waals surface area contributed by atoms with Crippen molar-refractivity contribution in [3.63, 3.8) is 0 Å². The van der Waals surface area contributed by atoms with Gasteiger partial charge in [-0.2, -0.15) is 0 Å². The van der Waals surface area contributed by atoms with Gasteiger partial charge in [-0.05, 0) is 43.7 Å². The molecule has 6 nitrogen and oxygen atoms in total. The van der Waals surface area contributed by atoms with Crippen LogP contribution < -0.4 is 9.64 Å². The summed E-state index contributed by atoms with van der Waals surface area (Å²) in [6.45, 7) is 5.83. The van der Waals surface area contributed by atoms with E-state index in [9.17, 15) is 4.79 Å². The fourth-order valence-corrected chi connectivity index (χ4v) is 4.12. The lowest BCUT2D eigenvalue weighted by Crippen LogP contribution is -2.54. The van der Waals surface area contributed by atoms with Crippen molar-refractivity contribution in [1.82, 2.24) is 14.9 Å². The normalized spacial score (nSPS) is 16.3. The lowest BCUT2D eigenvalue weighted by atomic mass is 10.1. The van der Waals surface area contributed by atoms with Gasteiger partial charge in [0.1, 0.15) is 17.9 Å². The number of nitrogens with zero attached hydrogens (tertiary/aromatic N) is 4. The molecule has 1 amide bonds. The average Bonchev–Trinajstić information content (AvgIpc) is 2.75. The number of ether oxygens (including phenoxy) is 1. The summed E-state index contributed by atoms with van der Waals surface area (Å²) in [6, 6.07) is 14.5. The van der Waals surface area contributed by atoms with Gasteiger partial charge in [0, 0.05) is 36.8 Å². The predicted octanol–water partition coefficient (Wildman–Crippen LogP) is 5.24. The van der Waals surface area contributed by atoms with Gasteiger partial charge in [0.25, 0.3) is 5.91 Å². The van der Waals surface area contributed by atoms with Crippen molar-refractivity contribution in [2.45, 2.75) is 19.9 Å². The third kappa shape index (κ3) is 4.75. The van der Waals surface area contributed by atoms with Crippen molar-refractivity contribution in [3.8, 4) is 11.6 Å². The maximum absolute atomic E-state index is 13.0. The number of rotatable bonds is 4. The lowest BCUT2D eigenvalue weighted by Gasteiger charge is -2.40. The quantitative estimate of drug-likeness (QED) is 0.537. The highest BCUT2D eigenvalue weighted by Crippen LogP contribution is 2.27. The third-order valence-corrected chi connectivity index (χ3v) is 5.86. The largest absolute Gasteiger partial charge is 0.439 e. The number of halogens is 2. The molecule has 2 aromatic carbocycles. The minimum atomic E-state index is -0.0971. The van der Waals surface area contributed by atoms with E-state index in [-0.39, 0.29) is 11.9 Å². The summed E-state index contributed by atoms with van der Waals surface area (Å²) in [4.78, 5) is 25.6. The molecule has 0 saturated carbocycles. The van der Waals surface area contributed by atoms with Gasteiger partial charge < -0.3 is 14.5 Å². The van der Waals surface area contributed by atoms with E-state index in [1.54, 1.807) is 18.2 Å². The Labute approximate surface area is 191 Å². The smallest absolute Gasteiger partial charge is 0.255 e. The van der Waals surface area contributed by atoms with E-state index in [2.05, 4.69) is 14.9 Å². The molecule has 0 radical (unpaired) electrons. The molecule has 8 heteroatoms.